The first-order chi connectivity index (χ1) is 13.7. The highest BCUT2D eigenvalue weighted by atomic mass is 32.1. The van der Waals surface area contributed by atoms with Crippen molar-refractivity contribution in [2.75, 3.05) is 25.6 Å². The van der Waals surface area contributed by atoms with E-state index in [4.69, 9.17) is 14.2 Å². The number of carbonyl (C=O) groups is 2. The van der Waals surface area contributed by atoms with Crippen molar-refractivity contribution >= 4 is 28.9 Å². The lowest BCUT2D eigenvalue weighted by Gasteiger charge is -2.18. The minimum Gasteiger partial charge on any atom is -0.486 e. The summed E-state index contributed by atoms with van der Waals surface area (Å²) in [7, 11) is 1.32. The third-order valence-electron chi connectivity index (χ3n) is 4.21. The number of benzene rings is 2. The first kappa shape index (κ1) is 18.1. The Balaban J connectivity index is 1.64. The summed E-state index contributed by atoms with van der Waals surface area (Å²) in [6.45, 7) is 0.924. The van der Waals surface area contributed by atoms with Gasteiger partial charge in [0, 0.05) is 10.4 Å². The van der Waals surface area contributed by atoms with Crippen molar-refractivity contribution in [3.63, 3.8) is 0 Å². The molecule has 0 bridgehead atoms. The number of thiophene rings is 1. The second kappa shape index (κ2) is 7.74. The molecule has 7 heteroatoms. The van der Waals surface area contributed by atoms with E-state index in [1.54, 1.807) is 24.3 Å². The number of rotatable bonds is 4. The molecule has 0 radical (unpaired) electrons. The minimum atomic E-state index is -0.496. The Morgan fingerprint density at radius 3 is 2.50 bits per heavy atom. The van der Waals surface area contributed by atoms with Crippen molar-refractivity contribution in [1.82, 2.24) is 0 Å². The number of nitrogens with one attached hydrogen (secondary N) is 1. The van der Waals surface area contributed by atoms with Gasteiger partial charge in [-0.3, -0.25) is 4.79 Å². The van der Waals surface area contributed by atoms with Gasteiger partial charge in [-0.1, -0.05) is 30.3 Å². The maximum absolute atomic E-state index is 12.8. The monoisotopic (exact) mass is 395 g/mol. The van der Waals surface area contributed by atoms with Crippen LogP contribution in [-0.4, -0.2) is 32.2 Å². The molecular weight excluding hydrogens is 378 g/mol. The Bertz CT molecular complexity index is 1030. The Labute approximate surface area is 165 Å². The van der Waals surface area contributed by atoms with Gasteiger partial charge in [-0.25, -0.2) is 4.79 Å². The van der Waals surface area contributed by atoms with Crippen molar-refractivity contribution in [2.45, 2.75) is 0 Å². The molecule has 3 aromatic rings. The van der Waals surface area contributed by atoms with Gasteiger partial charge in [0.05, 0.1) is 12.8 Å². The van der Waals surface area contributed by atoms with Crippen LogP contribution in [0.2, 0.25) is 0 Å². The Hall–Kier alpha value is -3.32. The number of esters is 1. The zero-order valence-corrected chi connectivity index (χ0v) is 15.9. The van der Waals surface area contributed by atoms with Crippen LogP contribution in [0.25, 0.3) is 10.4 Å². The highest BCUT2D eigenvalue weighted by Crippen LogP contribution is 2.36. The topological polar surface area (TPSA) is 73.9 Å². The van der Waals surface area contributed by atoms with Gasteiger partial charge in [0.15, 0.2) is 11.5 Å². The number of hydrogen-bond acceptors (Lipinski definition) is 6. The van der Waals surface area contributed by atoms with Gasteiger partial charge in [0.1, 0.15) is 18.1 Å². The highest BCUT2D eigenvalue weighted by Gasteiger charge is 2.21. The molecule has 142 valence electrons. The maximum Gasteiger partial charge on any atom is 0.350 e. The van der Waals surface area contributed by atoms with E-state index in [1.807, 2.05) is 30.3 Å². The fourth-order valence-electron chi connectivity index (χ4n) is 2.85. The molecule has 6 nitrogen and oxygen atoms in total. The molecular formula is C21H17NO5S. The van der Waals surface area contributed by atoms with E-state index in [-0.39, 0.29) is 5.91 Å². The molecule has 1 amide bonds. The molecule has 4 rings (SSSR count). The van der Waals surface area contributed by atoms with Crippen molar-refractivity contribution in [1.29, 1.82) is 0 Å². The average Bonchev–Trinajstić information content (AvgIpc) is 3.17. The lowest BCUT2D eigenvalue weighted by Crippen LogP contribution is -2.17. The SMILES string of the molecule is COC(=O)c1sc(-c2ccccc2)cc1NC(=O)c1ccc2c(c1)OCCO2. The number of fused-ring (bicyclic) bond motifs is 1. The van der Waals surface area contributed by atoms with Crippen molar-refractivity contribution < 1.29 is 23.8 Å². The van der Waals surface area contributed by atoms with Gasteiger partial charge in [-0.05, 0) is 29.8 Å². The normalized spacial score (nSPS) is 12.3. The number of amides is 1. The van der Waals surface area contributed by atoms with Crippen molar-refractivity contribution in [3.8, 4) is 21.9 Å². The van der Waals surface area contributed by atoms with E-state index in [0.717, 1.165) is 10.4 Å². The van der Waals surface area contributed by atoms with Crippen LogP contribution in [0.3, 0.4) is 0 Å². The molecule has 0 atom stereocenters. The van der Waals surface area contributed by atoms with Crippen LogP contribution < -0.4 is 14.8 Å². The molecule has 1 N–H and O–H groups in total. The molecule has 0 saturated carbocycles. The van der Waals surface area contributed by atoms with E-state index in [2.05, 4.69) is 5.32 Å². The number of methoxy groups -OCH3 is 1. The highest BCUT2D eigenvalue weighted by molar-refractivity contribution is 7.18. The van der Waals surface area contributed by atoms with Gasteiger partial charge in [-0.2, -0.15) is 0 Å². The van der Waals surface area contributed by atoms with Gasteiger partial charge in [-0.15, -0.1) is 11.3 Å². The van der Waals surface area contributed by atoms with E-state index >= 15 is 0 Å². The second-order valence-corrected chi connectivity index (χ2v) is 7.08. The van der Waals surface area contributed by atoms with E-state index in [1.165, 1.54) is 18.4 Å². The Morgan fingerprint density at radius 1 is 1.00 bits per heavy atom. The molecule has 28 heavy (non-hydrogen) atoms. The average molecular weight is 395 g/mol. The van der Waals surface area contributed by atoms with Crippen molar-refractivity contribution in [2.24, 2.45) is 0 Å². The first-order valence-electron chi connectivity index (χ1n) is 8.64. The molecule has 0 fully saturated rings. The molecule has 0 spiro atoms. The van der Waals surface area contributed by atoms with Crippen LogP contribution in [0.5, 0.6) is 11.5 Å². The van der Waals surface area contributed by atoms with Crippen LogP contribution in [0.1, 0.15) is 20.0 Å². The summed E-state index contributed by atoms with van der Waals surface area (Å²) in [5.74, 6) is 0.298. The van der Waals surface area contributed by atoms with E-state index < -0.39 is 5.97 Å². The predicted octanol–water partition coefficient (Wildman–Crippen LogP) is 4.23. The minimum absolute atomic E-state index is 0.340. The van der Waals surface area contributed by atoms with Crippen LogP contribution in [0, 0.1) is 0 Å². The number of ether oxygens (including phenoxy) is 3. The maximum atomic E-state index is 12.8. The van der Waals surface area contributed by atoms with Gasteiger partial charge in [0.25, 0.3) is 5.91 Å². The largest absolute Gasteiger partial charge is 0.486 e. The van der Waals surface area contributed by atoms with Crippen LogP contribution in [0.15, 0.2) is 54.6 Å². The fourth-order valence-corrected chi connectivity index (χ4v) is 3.89. The summed E-state index contributed by atoms with van der Waals surface area (Å²) in [6, 6.07) is 16.4. The van der Waals surface area contributed by atoms with Crippen LogP contribution >= 0.6 is 11.3 Å². The summed E-state index contributed by atoms with van der Waals surface area (Å²) < 4.78 is 15.9. The van der Waals surface area contributed by atoms with Crippen LogP contribution in [0.4, 0.5) is 5.69 Å². The summed E-state index contributed by atoms with van der Waals surface area (Å²) in [4.78, 5) is 26.1. The molecule has 1 aliphatic rings. The Morgan fingerprint density at radius 2 is 1.75 bits per heavy atom. The predicted molar refractivity (Wildman–Crippen MR) is 106 cm³/mol. The number of anilines is 1. The Kier molecular flexibility index (Phi) is 4.99. The molecule has 2 heterocycles. The molecule has 0 aliphatic carbocycles. The summed E-state index contributed by atoms with van der Waals surface area (Å²) >= 11 is 1.27. The lowest BCUT2D eigenvalue weighted by molar-refractivity contribution is 0.0607. The second-order valence-electron chi connectivity index (χ2n) is 6.02. The smallest absolute Gasteiger partial charge is 0.350 e. The zero-order valence-electron chi connectivity index (χ0n) is 15.1. The van der Waals surface area contributed by atoms with Gasteiger partial charge >= 0.3 is 5.97 Å². The van der Waals surface area contributed by atoms with E-state index in [0.29, 0.717) is 40.8 Å². The third kappa shape index (κ3) is 3.57. The molecule has 1 aromatic heterocycles. The standard InChI is InChI=1S/C21H17NO5S/c1-25-21(24)19-15(12-18(28-19)13-5-3-2-4-6-13)22-20(23)14-7-8-16-17(11-14)27-10-9-26-16/h2-8,11-12H,9-10H2,1H3,(H,22,23). The molecule has 0 saturated heterocycles. The summed E-state index contributed by atoms with van der Waals surface area (Å²) in [5.41, 5.74) is 1.78. The first-order valence-corrected chi connectivity index (χ1v) is 9.46. The van der Waals surface area contributed by atoms with E-state index in [9.17, 15) is 9.59 Å². The third-order valence-corrected chi connectivity index (χ3v) is 5.38. The zero-order chi connectivity index (χ0) is 19.5. The number of carbonyl (C=O) groups excluding carboxylic acids is 2. The summed E-state index contributed by atoms with van der Waals surface area (Å²) in [6.07, 6.45) is 0. The molecule has 1 aliphatic heterocycles. The number of hydrogen-bond donors (Lipinski definition) is 1. The van der Waals surface area contributed by atoms with Gasteiger partial charge in [0.2, 0.25) is 0 Å². The lowest BCUT2D eigenvalue weighted by atomic mass is 10.1. The van der Waals surface area contributed by atoms with Crippen LogP contribution in [-0.2, 0) is 4.74 Å². The van der Waals surface area contributed by atoms with Gasteiger partial charge < -0.3 is 19.5 Å². The molecule has 2 aromatic carbocycles. The van der Waals surface area contributed by atoms with Crippen molar-refractivity contribution in [3.05, 3.63) is 65.0 Å². The quantitative estimate of drug-likeness (QED) is 0.670. The fraction of sp³-hybridized carbons (Fsp3) is 0.143. The molecule has 0 unspecified atom stereocenters. The summed E-state index contributed by atoms with van der Waals surface area (Å²) in [5, 5.41) is 2.81.